The van der Waals surface area contributed by atoms with Gasteiger partial charge in [-0.1, -0.05) is 34.6 Å². The molecule has 0 saturated heterocycles. The standard InChI is InChI=1S/C14H23N3S/c1-7-8-15-14-12(18-6)11(9(2)3)16-13(17-14)10(4)5/h8-10H,7H2,1-6H3. The van der Waals surface area contributed by atoms with Gasteiger partial charge in [0.1, 0.15) is 5.82 Å². The molecule has 0 bridgehead atoms. The zero-order chi connectivity index (χ0) is 13.7. The first-order valence-corrected chi connectivity index (χ1v) is 7.72. The highest BCUT2D eigenvalue weighted by Crippen LogP contribution is 2.34. The van der Waals surface area contributed by atoms with Crippen LogP contribution >= 0.6 is 11.8 Å². The van der Waals surface area contributed by atoms with Crippen LogP contribution in [0, 0.1) is 0 Å². The SMILES string of the molecule is CCC=Nc1nc(C(C)C)nc(C(C)C)c1SC. The Hall–Kier alpha value is -0.900. The summed E-state index contributed by atoms with van der Waals surface area (Å²) in [5.41, 5.74) is 1.12. The topological polar surface area (TPSA) is 38.1 Å². The third-order valence-corrected chi connectivity index (χ3v) is 3.35. The quantitative estimate of drug-likeness (QED) is 0.578. The molecule has 3 nitrogen and oxygen atoms in total. The average Bonchev–Trinajstić information content (AvgIpc) is 2.34. The van der Waals surface area contributed by atoms with Crippen molar-refractivity contribution in [3.05, 3.63) is 11.5 Å². The lowest BCUT2D eigenvalue weighted by molar-refractivity contribution is 0.711. The van der Waals surface area contributed by atoms with Crippen molar-refractivity contribution in [2.24, 2.45) is 4.99 Å². The Morgan fingerprint density at radius 2 is 1.83 bits per heavy atom. The monoisotopic (exact) mass is 265 g/mol. The van der Waals surface area contributed by atoms with Crippen LogP contribution in [0.2, 0.25) is 0 Å². The maximum Gasteiger partial charge on any atom is 0.169 e. The highest BCUT2D eigenvalue weighted by atomic mass is 32.2. The summed E-state index contributed by atoms with van der Waals surface area (Å²) in [5, 5.41) is 0. The minimum atomic E-state index is 0.328. The molecule has 0 aliphatic rings. The average molecular weight is 265 g/mol. The van der Waals surface area contributed by atoms with Gasteiger partial charge in [-0.2, -0.15) is 0 Å². The third kappa shape index (κ3) is 3.55. The Balaban J connectivity index is 3.40. The Bertz CT molecular complexity index is 425. The maximum atomic E-state index is 4.71. The van der Waals surface area contributed by atoms with E-state index in [1.54, 1.807) is 11.8 Å². The van der Waals surface area contributed by atoms with Crippen molar-refractivity contribution in [1.82, 2.24) is 9.97 Å². The van der Waals surface area contributed by atoms with Crippen LogP contribution < -0.4 is 0 Å². The summed E-state index contributed by atoms with van der Waals surface area (Å²) in [6.07, 6.45) is 4.90. The number of nitrogens with zero attached hydrogens (tertiary/aromatic N) is 3. The molecule has 1 heterocycles. The van der Waals surface area contributed by atoms with Gasteiger partial charge in [0.25, 0.3) is 0 Å². The van der Waals surface area contributed by atoms with Gasteiger partial charge in [0.05, 0.1) is 10.6 Å². The zero-order valence-electron chi connectivity index (χ0n) is 12.2. The van der Waals surface area contributed by atoms with Crippen LogP contribution in [0.3, 0.4) is 0 Å². The summed E-state index contributed by atoms with van der Waals surface area (Å²) in [5.74, 6) is 2.43. The van der Waals surface area contributed by atoms with E-state index in [1.165, 1.54) is 0 Å². The number of hydrogen-bond acceptors (Lipinski definition) is 4. The Labute approximate surface area is 115 Å². The lowest BCUT2D eigenvalue weighted by atomic mass is 10.1. The molecular weight excluding hydrogens is 242 g/mol. The molecule has 0 aliphatic carbocycles. The molecule has 0 radical (unpaired) electrons. The number of aromatic nitrogens is 2. The summed E-state index contributed by atoms with van der Waals surface area (Å²) in [6, 6.07) is 0. The van der Waals surface area contributed by atoms with E-state index in [9.17, 15) is 0 Å². The Kier molecular flexibility index (Phi) is 5.79. The van der Waals surface area contributed by atoms with E-state index in [0.29, 0.717) is 11.8 Å². The van der Waals surface area contributed by atoms with E-state index in [4.69, 9.17) is 4.98 Å². The third-order valence-electron chi connectivity index (χ3n) is 2.55. The Morgan fingerprint density at radius 1 is 1.17 bits per heavy atom. The smallest absolute Gasteiger partial charge is 0.169 e. The molecule has 0 amide bonds. The molecule has 0 N–H and O–H groups in total. The molecule has 0 unspecified atom stereocenters. The predicted molar refractivity (Wildman–Crippen MR) is 80.4 cm³/mol. The number of rotatable bonds is 5. The van der Waals surface area contributed by atoms with Gasteiger partial charge in [-0.3, -0.25) is 0 Å². The lowest BCUT2D eigenvalue weighted by Gasteiger charge is -2.15. The maximum absolute atomic E-state index is 4.71. The summed E-state index contributed by atoms with van der Waals surface area (Å²) in [7, 11) is 0. The van der Waals surface area contributed by atoms with E-state index in [1.807, 2.05) is 6.21 Å². The van der Waals surface area contributed by atoms with Crippen molar-refractivity contribution in [1.29, 1.82) is 0 Å². The molecule has 0 aliphatic heterocycles. The lowest BCUT2D eigenvalue weighted by Crippen LogP contribution is -2.05. The number of hydrogen-bond donors (Lipinski definition) is 0. The summed E-state index contributed by atoms with van der Waals surface area (Å²) < 4.78 is 0. The second kappa shape index (κ2) is 6.88. The number of thioether (sulfide) groups is 1. The van der Waals surface area contributed by atoms with E-state index in [2.05, 4.69) is 50.9 Å². The largest absolute Gasteiger partial charge is 0.241 e. The van der Waals surface area contributed by atoms with Crippen molar-refractivity contribution in [3.8, 4) is 0 Å². The second-order valence-corrected chi connectivity index (χ2v) is 5.67. The minimum Gasteiger partial charge on any atom is -0.241 e. The molecule has 1 aromatic heterocycles. The molecule has 0 fully saturated rings. The van der Waals surface area contributed by atoms with Crippen LogP contribution in [-0.4, -0.2) is 22.4 Å². The summed E-state index contributed by atoms with van der Waals surface area (Å²) in [6.45, 7) is 10.6. The van der Waals surface area contributed by atoms with E-state index in [0.717, 1.165) is 28.7 Å². The van der Waals surface area contributed by atoms with Crippen molar-refractivity contribution in [2.45, 2.75) is 57.8 Å². The molecule has 4 heteroatoms. The van der Waals surface area contributed by atoms with Crippen molar-refractivity contribution in [2.75, 3.05) is 6.26 Å². The van der Waals surface area contributed by atoms with Gasteiger partial charge >= 0.3 is 0 Å². The normalized spacial score (nSPS) is 12.0. The van der Waals surface area contributed by atoms with Gasteiger partial charge in [-0.15, -0.1) is 11.8 Å². The van der Waals surface area contributed by atoms with Crippen molar-refractivity contribution in [3.63, 3.8) is 0 Å². The van der Waals surface area contributed by atoms with Gasteiger partial charge in [0, 0.05) is 12.1 Å². The van der Waals surface area contributed by atoms with Gasteiger partial charge < -0.3 is 0 Å². The molecule has 100 valence electrons. The van der Waals surface area contributed by atoms with Gasteiger partial charge in [-0.25, -0.2) is 15.0 Å². The van der Waals surface area contributed by atoms with Crippen LogP contribution in [-0.2, 0) is 0 Å². The summed E-state index contributed by atoms with van der Waals surface area (Å²) >= 11 is 1.68. The summed E-state index contributed by atoms with van der Waals surface area (Å²) in [4.78, 5) is 14.9. The van der Waals surface area contributed by atoms with Crippen molar-refractivity contribution < 1.29 is 0 Å². The van der Waals surface area contributed by atoms with Crippen LogP contribution in [0.25, 0.3) is 0 Å². The zero-order valence-corrected chi connectivity index (χ0v) is 13.0. The van der Waals surface area contributed by atoms with E-state index in [-0.39, 0.29) is 0 Å². The predicted octanol–water partition coefficient (Wildman–Crippen LogP) is 4.56. The molecule has 1 aromatic rings. The molecule has 0 atom stereocenters. The fourth-order valence-corrected chi connectivity index (χ4v) is 2.36. The van der Waals surface area contributed by atoms with Gasteiger partial charge in [0.2, 0.25) is 0 Å². The number of aliphatic imine (C=N–C) groups is 1. The molecule has 0 aromatic carbocycles. The molecule has 0 saturated carbocycles. The molecule has 1 rings (SSSR count). The second-order valence-electron chi connectivity index (χ2n) is 4.85. The first kappa shape index (κ1) is 15.2. The fraction of sp³-hybridized carbons (Fsp3) is 0.643. The first-order valence-electron chi connectivity index (χ1n) is 6.49. The first-order chi connectivity index (χ1) is 8.51. The molecule has 18 heavy (non-hydrogen) atoms. The Morgan fingerprint density at radius 3 is 2.28 bits per heavy atom. The van der Waals surface area contributed by atoms with Crippen LogP contribution in [0.15, 0.2) is 9.89 Å². The van der Waals surface area contributed by atoms with Gasteiger partial charge in [-0.05, 0) is 18.6 Å². The van der Waals surface area contributed by atoms with E-state index < -0.39 is 0 Å². The van der Waals surface area contributed by atoms with Crippen LogP contribution in [0.5, 0.6) is 0 Å². The van der Waals surface area contributed by atoms with Crippen molar-refractivity contribution >= 4 is 23.8 Å². The highest BCUT2D eigenvalue weighted by Gasteiger charge is 2.17. The van der Waals surface area contributed by atoms with E-state index >= 15 is 0 Å². The van der Waals surface area contributed by atoms with Crippen LogP contribution in [0.4, 0.5) is 5.82 Å². The fourth-order valence-electron chi connectivity index (χ4n) is 1.58. The van der Waals surface area contributed by atoms with Gasteiger partial charge in [0.15, 0.2) is 5.82 Å². The highest BCUT2D eigenvalue weighted by molar-refractivity contribution is 7.98. The van der Waals surface area contributed by atoms with Crippen LogP contribution in [0.1, 0.15) is 64.4 Å². The molecule has 0 spiro atoms. The minimum absolute atomic E-state index is 0.328. The molecular formula is C14H23N3S.